The number of carbonyl (C=O) groups is 1. The van der Waals surface area contributed by atoms with Crippen LogP contribution in [0.1, 0.15) is 29.4 Å². The third-order valence-corrected chi connectivity index (χ3v) is 2.71. The molecule has 0 aliphatic rings. The van der Waals surface area contributed by atoms with Crippen LogP contribution in [0.4, 0.5) is 0 Å². The van der Waals surface area contributed by atoms with Gasteiger partial charge >= 0.3 is 5.97 Å². The molecule has 0 fully saturated rings. The maximum absolute atomic E-state index is 11.0. The van der Waals surface area contributed by atoms with Crippen LogP contribution in [0.25, 0.3) is 0 Å². The average Bonchev–Trinajstić information content (AvgIpc) is 2.66. The quantitative estimate of drug-likeness (QED) is 0.732. The predicted octanol–water partition coefficient (Wildman–Crippen LogP) is 0.633. The van der Waals surface area contributed by atoms with E-state index in [9.17, 15) is 4.79 Å². The van der Waals surface area contributed by atoms with Crippen LogP contribution in [0.3, 0.4) is 0 Å². The Labute approximate surface area is 101 Å². The predicted molar refractivity (Wildman–Crippen MR) is 63.0 cm³/mol. The molecule has 1 heterocycles. The number of nitrogens with zero attached hydrogens (tertiary/aromatic N) is 2. The third-order valence-electron chi connectivity index (χ3n) is 2.71. The van der Waals surface area contributed by atoms with Gasteiger partial charge in [-0.05, 0) is 6.42 Å². The van der Waals surface area contributed by atoms with Gasteiger partial charge < -0.3 is 15.2 Å². The minimum absolute atomic E-state index is 0.219. The molecular formula is C11H19N3O3. The van der Waals surface area contributed by atoms with Gasteiger partial charge in [-0.25, -0.2) is 4.79 Å². The van der Waals surface area contributed by atoms with E-state index in [0.29, 0.717) is 18.8 Å². The van der Waals surface area contributed by atoms with E-state index in [4.69, 9.17) is 9.84 Å². The number of rotatable bonds is 7. The van der Waals surface area contributed by atoms with Crippen molar-refractivity contribution in [3.05, 3.63) is 17.5 Å². The Kier molecular flexibility index (Phi) is 5.11. The SMILES string of the molecule is CCC(COC)NCc1c(C(=O)O)cnn1C. The van der Waals surface area contributed by atoms with Crippen LogP contribution in [0.5, 0.6) is 0 Å². The minimum atomic E-state index is -0.949. The van der Waals surface area contributed by atoms with Crippen LogP contribution in [-0.2, 0) is 18.3 Å². The van der Waals surface area contributed by atoms with Gasteiger partial charge in [-0.1, -0.05) is 6.92 Å². The lowest BCUT2D eigenvalue weighted by Gasteiger charge is -2.16. The van der Waals surface area contributed by atoms with Crippen LogP contribution in [0.15, 0.2) is 6.20 Å². The summed E-state index contributed by atoms with van der Waals surface area (Å²) in [6.45, 7) is 3.13. The Balaban J connectivity index is 2.67. The summed E-state index contributed by atoms with van der Waals surface area (Å²) < 4.78 is 6.65. The normalized spacial score (nSPS) is 12.6. The van der Waals surface area contributed by atoms with Crippen molar-refractivity contribution in [2.45, 2.75) is 25.9 Å². The summed E-state index contributed by atoms with van der Waals surface area (Å²) in [5.41, 5.74) is 0.916. The first-order valence-electron chi connectivity index (χ1n) is 5.56. The van der Waals surface area contributed by atoms with Gasteiger partial charge in [0.25, 0.3) is 0 Å². The fourth-order valence-electron chi connectivity index (χ4n) is 1.61. The monoisotopic (exact) mass is 241 g/mol. The summed E-state index contributed by atoms with van der Waals surface area (Å²) in [6.07, 6.45) is 2.30. The number of aromatic carboxylic acids is 1. The number of carboxylic acid groups (broad SMARTS) is 1. The van der Waals surface area contributed by atoms with E-state index >= 15 is 0 Å². The van der Waals surface area contributed by atoms with E-state index < -0.39 is 5.97 Å². The van der Waals surface area contributed by atoms with Gasteiger partial charge in [0.15, 0.2) is 0 Å². The van der Waals surface area contributed by atoms with E-state index in [-0.39, 0.29) is 11.6 Å². The summed E-state index contributed by atoms with van der Waals surface area (Å²) >= 11 is 0. The summed E-state index contributed by atoms with van der Waals surface area (Å²) in [4.78, 5) is 11.0. The molecule has 1 aromatic rings. The van der Waals surface area contributed by atoms with Crippen molar-refractivity contribution < 1.29 is 14.6 Å². The molecule has 1 rings (SSSR count). The van der Waals surface area contributed by atoms with Crippen molar-refractivity contribution in [1.82, 2.24) is 15.1 Å². The van der Waals surface area contributed by atoms with E-state index in [1.54, 1.807) is 18.8 Å². The molecule has 2 N–H and O–H groups in total. The first-order valence-corrected chi connectivity index (χ1v) is 5.56. The van der Waals surface area contributed by atoms with Crippen LogP contribution < -0.4 is 5.32 Å². The fourth-order valence-corrected chi connectivity index (χ4v) is 1.61. The van der Waals surface area contributed by atoms with Crippen molar-refractivity contribution in [2.75, 3.05) is 13.7 Å². The van der Waals surface area contributed by atoms with Crippen molar-refractivity contribution >= 4 is 5.97 Å². The zero-order valence-electron chi connectivity index (χ0n) is 10.4. The molecule has 0 saturated carbocycles. The molecule has 6 nitrogen and oxygen atoms in total. The van der Waals surface area contributed by atoms with Gasteiger partial charge in [0.05, 0.1) is 18.5 Å². The molecule has 17 heavy (non-hydrogen) atoms. The molecule has 0 radical (unpaired) electrons. The molecule has 0 aromatic carbocycles. The maximum Gasteiger partial charge on any atom is 0.339 e. The van der Waals surface area contributed by atoms with Crippen LogP contribution >= 0.6 is 0 Å². The van der Waals surface area contributed by atoms with E-state index in [1.807, 2.05) is 0 Å². The lowest BCUT2D eigenvalue weighted by atomic mass is 10.2. The van der Waals surface area contributed by atoms with Crippen molar-refractivity contribution in [3.63, 3.8) is 0 Å². The molecule has 0 bridgehead atoms. The molecule has 6 heteroatoms. The summed E-state index contributed by atoms with van der Waals surface area (Å²) in [6, 6.07) is 0.219. The number of methoxy groups -OCH3 is 1. The largest absolute Gasteiger partial charge is 0.478 e. The summed E-state index contributed by atoms with van der Waals surface area (Å²) in [7, 11) is 3.39. The molecule has 0 amide bonds. The van der Waals surface area contributed by atoms with Gasteiger partial charge in [-0.2, -0.15) is 5.10 Å². The smallest absolute Gasteiger partial charge is 0.339 e. The Morgan fingerprint density at radius 3 is 2.94 bits per heavy atom. The van der Waals surface area contributed by atoms with Gasteiger partial charge in [-0.3, -0.25) is 4.68 Å². The molecule has 0 spiro atoms. The highest BCUT2D eigenvalue weighted by Gasteiger charge is 2.15. The molecule has 0 aliphatic heterocycles. The number of nitrogens with one attached hydrogen (secondary N) is 1. The van der Waals surface area contributed by atoms with Crippen molar-refractivity contribution in [1.29, 1.82) is 0 Å². The van der Waals surface area contributed by atoms with E-state index in [0.717, 1.165) is 6.42 Å². The molecule has 96 valence electrons. The minimum Gasteiger partial charge on any atom is -0.478 e. The second kappa shape index (κ2) is 6.36. The number of aryl methyl sites for hydroxylation is 1. The van der Waals surface area contributed by atoms with Gasteiger partial charge in [0.1, 0.15) is 5.56 Å². The molecule has 0 aliphatic carbocycles. The Morgan fingerprint density at radius 1 is 1.71 bits per heavy atom. The van der Waals surface area contributed by atoms with Crippen LogP contribution in [0.2, 0.25) is 0 Å². The second-order valence-electron chi connectivity index (χ2n) is 3.88. The van der Waals surface area contributed by atoms with E-state index in [1.165, 1.54) is 6.20 Å². The molecule has 1 aromatic heterocycles. The van der Waals surface area contributed by atoms with Crippen LogP contribution in [-0.4, -0.2) is 40.6 Å². The Morgan fingerprint density at radius 2 is 2.41 bits per heavy atom. The number of ether oxygens (including phenoxy) is 1. The molecular weight excluding hydrogens is 222 g/mol. The molecule has 1 atom stereocenters. The van der Waals surface area contributed by atoms with Gasteiger partial charge in [-0.15, -0.1) is 0 Å². The third kappa shape index (κ3) is 3.54. The second-order valence-corrected chi connectivity index (χ2v) is 3.88. The standard InChI is InChI=1S/C11H19N3O3/c1-4-8(7-17-3)12-6-10-9(11(15)16)5-13-14(10)2/h5,8,12H,4,6-7H2,1-3H3,(H,15,16). The number of aromatic nitrogens is 2. The topological polar surface area (TPSA) is 76.4 Å². The van der Waals surface area contributed by atoms with Gasteiger partial charge in [0.2, 0.25) is 0 Å². The zero-order valence-corrected chi connectivity index (χ0v) is 10.4. The Hall–Kier alpha value is -1.40. The Bertz CT molecular complexity index is 376. The maximum atomic E-state index is 11.0. The average molecular weight is 241 g/mol. The first kappa shape index (κ1) is 13.7. The molecule has 1 unspecified atom stereocenters. The highest BCUT2D eigenvalue weighted by Crippen LogP contribution is 2.07. The summed E-state index contributed by atoms with van der Waals surface area (Å²) in [5.74, 6) is -0.949. The van der Waals surface area contributed by atoms with E-state index in [2.05, 4.69) is 17.3 Å². The fraction of sp³-hybridized carbons (Fsp3) is 0.636. The number of hydrogen-bond acceptors (Lipinski definition) is 4. The number of carboxylic acids is 1. The highest BCUT2D eigenvalue weighted by molar-refractivity contribution is 5.88. The van der Waals surface area contributed by atoms with Gasteiger partial charge in [0, 0.05) is 26.7 Å². The lowest BCUT2D eigenvalue weighted by Crippen LogP contribution is -2.33. The first-order chi connectivity index (χ1) is 8.10. The van der Waals surface area contributed by atoms with Crippen LogP contribution in [0, 0.1) is 0 Å². The van der Waals surface area contributed by atoms with Crippen molar-refractivity contribution in [3.8, 4) is 0 Å². The molecule has 0 saturated heterocycles. The highest BCUT2D eigenvalue weighted by atomic mass is 16.5. The van der Waals surface area contributed by atoms with Crippen molar-refractivity contribution in [2.24, 2.45) is 7.05 Å². The zero-order chi connectivity index (χ0) is 12.8. The summed E-state index contributed by atoms with van der Waals surface area (Å²) in [5, 5.41) is 16.2. The lowest BCUT2D eigenvalue weighted by molar-refractivity contribution is 0.0695. The number of hydrogen-bond donors (Lipinski definition) is 2.